The zero-order chi connectivity index (χ0) is 15.6. The van der Waals surface area contributed by atoms with E-state index >= 15 is 0 Å². The van der Waals surface area contributed by atoms with Crippen LogP contribution in [0.3, 0.4) is 0 Å². The third-order valence-corrected chi connectivity index (χ3v) is 4.26. The number of carbonyl (C=O) groups is 1. The third kappa shape index (κ3) is 3.33. The normalized spacial score (nSPS) is 12.4. The largest absolute Gasteiger partial charge is 0.466 e. The summed E-state index contributed by atoms with van der Waals surface area (Å²) in [5, 5.41) is 8.72. The molecule has 0 saturated carbocycles. The first-order valence-corrected chi connectivity index (χ1v) is 7.88. The van der Waals surface area contributed by atoms with Crippen LogP contribution >= 0.6 is 11.3 Å². The summed E-state index contributed by atoms with van der Waals surface area (Å²) in [6.07, 6.45) is 0. The summed E-state index contributed by atoms with van der Waals surface area (Å²) < 4.78 is 5.49. The summed E-state index contributed by atoms with van der Waals surface area (Å²) in [4.78, 5) is 16.8. The molecule has 2 heterocycles. The zero-order valence-electron chi connectivity index (χ0n) is 13.0. The highest BCUT2D eigenvalue weighted by Crippen LogP contribution is 2.24. The summed E-state index contributed by atoms with van der Waals surface area (Å²) in [5.41, 5.74) is 2.42. The fraction of sp³-hybridized carbons (Fsp3) is 0.467. The van der Waals surface area contributed by atoms with Gasteiger partial charge in [-0.05, 0) is 34.2 Å². The number of nitrogens with one attached hydrogen (secondary N) is 2. The molecule has 0 radical (unpaired) electrons. The predicted octanol–water partition coefficient (Wildman–Crippen LogP) is 3.58. The van der Waals surface area contributed by atoms with Crippen LogP contribution in [0.25, 0.3) is 0 Å². The van der Waals surface area contributed by atoms with E-state index in [1.54, 1.807) is 6.92 Å². The molecule has 6 heteroatoms. The number of amides is 1. The highest BCUT2D eigenvalue weighted by Gasteiger charge is 2.20. The minimum absolute atomic E-state index is 0.168. The Morgan fingerprint density at radius 3 is 2.67 bits per heavy atom. The second-order valence-corrected chi connectivity index (χ2v) is 5.88. The molecule has 0 aliphatic heterocycles. The zero-order valence-corrected chi connectivity index (χ0v) is 13.9. The van der Waals surface area contributed by atoms with Crippen molar-refractivity contribution in [2.75, 3.05) is 11.9 Å². The first kappa shape index (κ1) is 15.7. The van der Waals surface area contributed by atoms with Crippen molar-refractivity contribution in [3.8, 4) is 0 Å². The first-order chi connectivity index (χ1) is 9.93. The van der Waals surface area contributed by atoms with Crippen LogP contribution < -0.4 is 10.6 Å². The molecule has 21 heavy (non-hydrogen) atoms. The highest BCUT2D eigenvalue weighted by molar-refractivity contribution is 7.14. The summed E-state index contributed by atoms with van der Waals surface area (Å²) >= 11 is 1.43. The van der Waals surface area contributed by atoms with E-state index in [-0.39, 0.29) is 11.9 Å². The van der Waals surface area contributed by atoms with Crippen molar-refractivity contribution in [3.05, 3.63) is 33.7 Å². The predicted molar refractivity (Wildman–Crippen MR) is 85.1 cm³/mol. The van der Waals surface area contributed by atoms with Crippen molar-refractivity contribution in [1.82, 2.24) is 10.3 Å². The molecule has 1 unspecified atom stereocenters. The molecule has 2 rings (SSSR count). The van der Waals surface area contributed by atoms with Crippen LogP contribution in [0.2, 0.25) is 0 Å². The second kappa shape index (κ2) is 6.41. The maximum atomic E-state index is 12.4. The van der Waals surface area contributed by atoms with Gasteiger partial charge in [-0.1, -0.05) is 6.92 Å². The van der Waals surface area contributed by atoms with Gasteiger partial charge in [-0.3, -0.25) is 10.1 Å². The molecular formula is C15H21N3O2S. The number of carbonyl (C=O) groups excluding carboxylic acids is 1. The van der Waals surface area contributed by atoms with E-state index in [4.69, 9.17) is 4.42 Å². The van der Waals surface area contributed by atoms with Gasteiger partial charge < -0.3 is 9.73 Å². The number of aryl methyl sites for hydroxylation is 2. The maximum absolute atomic E-state index is 12.4. The number of hydrogen-bond donors (Lipinski definition) is 2. The van der Waals surface area contributed by atoms with Gasteiger partial charge in [0.2, 0.25) is 0 Å². The van der Waals surface area contributed by atoms with Gasteiger partial charge in [-0.2, -0.15) is 0 Å². The SMILES string of the molecule is CCNC(C)c1csc(NC(=O)c2c(C)oc(C)c2C)n1. The molecule has 0 aliphatic carbocycles. The third-order valence-electron chi connectivity index (χ3n) is 3.48. The lowest BCUT2D eigenvalue weighted by Crippen LogP contribution is -2.18. The average molecular weight is 307 g/mol. The molecule has 2 N–H and O–H groups in total. The van der Waals surface area contributed by atoms with E-state index in [2.05, 4.69) is 29.5 Å². The number of furan rings is 1. The highest BCUT2D eigenvalue weighted by atomic mass is 32.1. The Hall–Kier alpha value is -1.66. The number of rotatable bonds is 5. The van der Waals surface area contributed by atoms with Crippen molar-refractivity contribution < 1.29 is 9.21 Å². The van der Waals surface area contributed by atoms with Crippen LogP contribution in [-0.2, 0) is 0 Å². The average Bonchev–Trinajstić information content (AvgIpc) is 2.96. The van der Waals surface area contributed by atoms with Crippen molar-refractivity contribution in [2.45, 2.75) is 40.7 Å². The minimum atomic E-state index is -0.168. The molecule has 1 atom stereocenters. The van der Waals surface area contributed by atoms with Crippen LogP contribution in [0.1, 0.15) is 53.0 Å². The smallest absolute Gasteiger partial charge is 0.261 e. The van der Waals surface area contributed by atoms with E-state index in [0.29, 0.717) is 16.5 Å². The Bertz CT molecular complexity index is 645. The van der Waals surface area contributed by atoms with Crippen molar-refractivity contribution in [1.29, 1.82) is 0 Å². The van der Waals surface area contributed by atoms with Crippen LogP contribution in [0.4, 0.5) is 5.13 Å². The molecule has 0 fully saturated rings. The first-order valence-electron chi connectivity index (χ1n) is 7.00. The molecule has 0 bridgehead atoms. The minimum Gasteiger partial charge on any atom is -0.466 e. The molecule has 2 aromatic rings. The molecule has 0 aromatic carbocycles. The lowest BCUT2D eigenvalue weighted by Gasteiger charge is -2.08. The fourth-order valence-electron chi connectivity index (χ4n) is 2.24. The number of anilines is 1. The Labute approximate surface area is 128 Å². The summed E-state index contributed by atoms with van der Waals surface area (Å²) in [5.74, 6) is 1.25. The Kier molecular flexibility index (Phi) is 4.80. The number of aromatic nitrogens is 1. The van der Waals surface area contributed by atoms with Gasteiger partial charge in [0, 0.05) is 17.0 Å². The van der Waals surface area contributed by atoms with Gasteiger partial charge in [0.15, 0.2) is 5.13 Å². The fourth-order valence-corrected chi connectivity index (χ4v) is 3.04. The van der Waals surface area contributed by atoms with Crippen molar-refractivity contribution >= 4 is 22.4 Å². The van der Waals surface area contributed by atoms with Gasteiger partial charge in [0.25, 0.3) is 5.91 Å². The van der Waals surface area contributed by atoms with E-state index in [0.717, 1.165) is 23.6 Å². The van der Waals surface area contributed by atoms with Crippen molar-refractivity contribution in [3.63, 3.8) is 0 Å². The second-order valence-electron chi connectivity index (χ2n) is 5.03. The molecule has 0 saturated heterocycles. The summed E-state index contributed by atoms with van der Waals surface area (Å²) in [6, 6.07) is 0.177. The van der Waals surface area contributed by atoms with Crippen LogP contribution in [-0.4, -0.2) is 17.4 Å². The standard InChI is InChI=1S/C15H21N3O2S/c1-6-16-9(3)12-7-21-15(17-12)18-14(19)13-8(2)10(4)20-11(13)5/h7,9,16H,6H2,1-5H3,(H,17,18,19). The lowest BCUT2D eigenvalue weighted by atomic mass is 10.1. The molecule has 114 valence electrons. The van der Waals surface area contributed by atoms with E-state index < -0.39 is 0 Å². The number of thiazole rings is 1. The van der Waals surface area contributed by atoms with Gasteiger partial charge in [-0.25, -0.2) is 4.98 Å². The van der Waals surface area contributed by atoms with Crippen LogP contribution in [0, 0.1) is 20.8 Å². The summed E-state index contributed by atoms with van der Waals surface area (Å²) in [7, 11) is 0. The lowest BCUT2D eigenvalue weighted by molar-refractivity contribution is 0.102. The van der Waals surface area contributed by atoms with E-state index in [1.165, 1.54) is 11.3 Å². The van der Waals surface area contributed by atoms with Gasteiger partial charge >= 0.3 is 0 Å². The summed E-state index contributed by atoms with van der Waals surface area (Å²) in [6.45, 7) is 10.5. The molecule has 2 aromatic heterocycles. The molecular weight excluding hydrogens is 286 g/mol. The number of hydrogen-bond acceptors (Lipinski definition) is 5. The van der Waals surface area contributed by atoms with Crippen LogP contribution in [0.5, 0.6) is 0 Å². The topological polar surface area (TPSA) is 67.2 Å². The Morgan fingerprint density at radius 2 is 2.10 bits per heavy atom. The van der Waals surface area contributed by atoms with Gasteiger partial charge in [0.1, 0.15) is 11.5 Å². The number of nitrogens with zero attached hydrogens (tertiary/aromatic N) is 1. The van der Waals surface area contributed by atoms with Crippen molar-refractivity contribution in [2.24, 2.45) is 0 Å². The maximum Gasteiger partial charge on any atom is 0.261 e. The van der Waals surface area contributed by atoms with E-state index in [1.807, 2.05) is 19.2 Å². The molecule has 5 nitrogen and oxygen atoms in total. The Balaban J connectivity index is 2.13. The molecule has 0 spiro atoms. The Morgan fingerprint density at radius 1 is 1.38 bits per heavy atom. The van der Waals surface area contributed by atoms with Crippen LogP contribution in [0.15, 0.2) is 9.80 Å². The quantitative estimate of drug-likeness (QED) is 0.886. The van der Waals surface area contributed by atoms with E-state index in [9.17, 15) is 4.79 Å². The molecule has 0 aliphatic rings. The van der Waals surface area contributed by atoms with Gasteiger partial charge in [0.05, 0.1) is 11.3 Å². The monoisotopic (exact) mass is 307 g/mol. The van der Waals surface area contributed by atoms with Gasteiger partial charge in [-0.15, -0.1) is 11.3 Å². The molecule has 1 amide bonds.